The zero-order valence-corrected chi connectivity index (χ0v) is 12.0. The van der Waals surface area contributed by atoms with Crippen molar-refractivity contribution in [3.63, 3.8) is 0 Å². The van der Waals surface area contributed by atoms with Crippen molar-refractivity contribution in [1.29, 1.82) is 0 Å². The Labute approximate surface area is 126 Å². The largest absolute Gasteiger partial charge is 0.481 e. The van der Waals surface area contributed by atoms with Gasteiger partial charge in [-0.2, -0.15) is 0 Å². The number of carbonyl (C=O) groups is 1. The van der Waals surface area contributed by atoms with Gasteiger partial charge < -0.3 is 9.84 Å². The third kappa shape index (κ3) is 4.38. The van der Waals surface area contributed by atoms with Gasteiger partial charge in [-0.1, -0.05) is 11.6 Å². The van der Waals surface area contributed by atoms with E-state index in [9.17, 15) is 14.9 Å². The van der Waals surface area contributed by atoms with Crippen LogP contribution in [0.1, 0.15) is 12.0 Å². The van der Waals surface area contributed by atoms with Crippen molar-refractivity contribution in [2.45, 2.75) is 19.1 Å². The smallest absolute Gasteiger partial charge is 0.306 e. The highest BCUT2D eigenvalue weighted by molar-refractivity contribution is 6.30. The first-order valence-corrected chi connectivity index (χ1v) is 6.82. The van der Waals surface area contributed by atoms with E-state index >= 15 is 0 Å². The number of hydrogen-bond donors (Lipinski definition) is 1. The van der Waals surface area contributed by atoms with E-state index in [1.807, 2.05) is 4.90 Å². The molecule has 1 aromatic rings. The zero-order valence-electron chi connectivity index (χ0n) is 11.2. The van der Waals surface area contributed by atoms with Gasteiger partial charge in [0.1, 0.15) is 0 Å². The third-order valence-electron chi connectivity index (χ3n) is 3.26. The van der Waals surface area contributed by atoms with Crippen LogP contribution in [0.5, 0.6) is 0 Å². The maximum atomic E-state index is 11.0. The minimum Gasteiger partial charge on any atom is -0.481 e. The maximum absolute atomic E-state index is 11.0. The Balaban J connectivity index is 2.08. The van der Waals surface area contributed by atoms with Crippen LogP contribution in [0.25, 0.3) is 0 Å². The number of morpholine rings is 1. The Kier molecular flexibility index (Phi) is 5.11. The standard InChI is InChI=1S/C13H15ClN2O5/c14-10-1-2-12(16(19)20)9(5-10)7-15-3-4-21-11(8-15)6-13(17)18/h1-2,5,11H,3-4,6-8H2,(H,17,18). The third-order valence-corrected chi connectivity index (χ3v) is 3.49. The molecule has 2 rings (SSSR count). The molecule has 1 aliphatic heterocycles. The van der Waals surface area contributed by atoms with E-state index in [2.05, 4.69) is 0 Å². The average molecular weight is 315 g/mol. The zero-order chi connectivity index (χ0) is 15.4. The van der Waals surface area contributed by atoms with Crippen molar-refractivity contribution in [3.05, 3.63) is 38.9 Å². The average Bonchev–Trinajstić information content (AvgIpc) is 2.38. The summed E-state index contributed by atoms with van der Waals surface area (Å²) in [5, 5.41) is 20.3. The van der Waals surface area contributed by atoms with Crippen molar-refractivity contribution in [3.8, 4) is 0 Å². The number of nitro benzene ring substituents is 1. The van der Waals surface area contributed by atoms with Gasteiger partial charge in [0.2, 0.25) is 0 Å². The second-order valence-corrected chi connectivity index (χ2v) is 5.29. The molecule has 0 aromatic heterocycles. The number of aliphatic carboxylic acids is 1. The van der Waals surface area contributed by atoms with Crippen molar-refractivity contribution >= 4 is 23.3 Å². The summed E-state index contributed by atoms with van der Waals surface area (Å²) in [6, 6.07) is 4.43. The molecule has 0 aliphatic carbocycles. The predicted molar refractivity (Wildman–Crippen MR) is 75.4 cm³/mol. The first kappa shape index (κ1) is 15.7. The van der Waals surface area contributed by atoms with Crippen molar-refractivity contribution < 1.29 is 19.6 Å². The van der Waals surface area contributed by atoms with Crippen LogP contribution in [-0.4, -0.2) is 46.7 Å². The molecule has 1 aromatic carbocycles. The lowest BCUT2D eigenvalue weighted by atomic mass is 10.1. The number of benzene rings is 1. The first-order valence-electron chi connectivity index (χ1n) is 6.44. The van der Waals surface area contributed by atoms with Crippen LogP contribution >= 0.6 is 11.6 Å². The van der Waals surface area contributed by atoms with Crippen molar-refractivity contribution in [1.82, 2.24) is 4.90 Å². The molecule has 1 unspecified atom stereocenters. The van der Waals surface area contributed by atoms with Gasteiger partial charge >= 0.3 is 5.97 Å². The van der Waals surface area contributed by atoms with E-state index in [-0.39, 0.29) is 12.1 Å². The monoisotopic (exact) mass is 314 g/mol. The summed E-state index contributed by atoms with van der Waals surface area (Å²) >= 11 is 5.89. The minimum absolute atomic E-state index is 0.0145. The fourth-order valence-corrected chi connectivity index (χ4v) is 2.54. The summed E-state index contributed by atoms with van der Waals surface area (Å²) in [5.41, 5.74) is 0.532. The fourth-order valence-electron chi connectivity index (χ4n) is 2.34. The molecule has 21 heavy (non-hydrogen) atoms. The number of halogens is 1. The van der Waals surface area contributed by atoms with Crippen LogP contribution in [0, 0.1) is 10.1 Å². The Bertz CT molecular complexity index is 551. The predicted octanol–water partition coefficient (Wildman–Crippen LogP) is 1.92. The molecule has 1 fully saturated rings. The maximum Gasteiger partial charge on any atom is 0.306 e. The molecule has 1 N–H and O–H groups in total. The van der Waals surface area contributed by atoms with Crippen LogP contribution in [0.2, 0.25) is 5.02 Å². The van der Waals surface area contributed by atoms with Crippen molar-refractivity contribution in [2.24, 2.45) is 0 Å². The van der Waals surface area contributed by atoms with E-state index in [0.717, 1.165) is 0 Å². The van der Waals surface area contributed by atoms with Crippen LogP contribution in [0.4, 0.5) is 5.69 Å². The molecule has 1 aliphatic rings. The summed E-state index contributed by atoms with van der Waals surface area (Å²) in [5.74, 6) is -0.921. The van der Waals surface area contributed by atoms with Gasteiger partial charge in [-0.3, -0.25) is 19.8 Å². The Morgan fingerprint density at radius 2 is 2.33 bits per heavy atom. The van der Waals surface area contributed by atoms with E-state index in [4.69, 9.17) is 21.4 Å². The summed E-state index contributed by atoms with van der Waals surface area (Å²) in [6.07, 6.45) is -0.469. The molecule has 1 saturated heterocycles. The van der Waals surface area contributed by atoms with Crippen LogP contribution in [0.3, 0.4) is 0 Å². The van der Waals surface area contributed by atoms with Gasteiger partial charge in [0, 0.05) is 36.3 Å². The SMILES string of the molecule is O=C(O)CC1CN(Cc2cc(Cl)ccc2[N+](=O)[O-])CCO1. The lowest BCUT2D eigenvalue weighted by Gasteiger charge is -2.32. The fraction of sp³-hybridized carbons (Fsp3) is 0.462. The molecule has 0 spiro atoms. The molecule has 8 heteroatoms. The topological polar surface area (TPSA) is 92.9 Å². The van der Waals surface area contributed by atoms with E-state index in [1.54, 1.807) is 6.07 Å². The summed E-state index contributed by atoms with van der Waals surface area (Å²) < 4.78 is 5.38. The highest BCUT2D eigenvalue weighted by Crippen LogP contribution is 2.25. The summed E-state index contributed by atoms with van der Waals surface area (Å²) in [6.45, 7) is 1.78. The highest BCUT2D eigenvalue weighted by Gasteiger charge is 2.25. The summed E-state index contributed by atoms with van der Waals surface area (Å²) in [7, 11) is 0. The molecule has 1 heterocycles. The molecular weight excluding hydrogens is 300 g/mol. The molecular formula is C13H15ClN2O5. The highest BCUT2D eigenvalue weighted by atomic mass is 35.5. The number of rotatable bonds is 5. The number of nitro groups is 1. The Morgan fingerprint density at radius 1 is 1.57 bits per heavy atom. The molecule has 0 amide bonds. The van der Waals surface area contributed by atoms with Gasteiger partial charge in [-0.15, -0.1) is 0 Å². The van der Waals surface area contributed by atoms with Gasteiger partial charge in [0.25, 0.3) is 5.69 Å². The molecule has 0 bridgehead atoms. The van der Waals surface area contributed by atoms with Crippen LogP contribution in [0.15, 0.2) is 18.2 Å². The minimum atomic E-state index is -0.921. The normalized spacial score (nSPS) is 19.4. The lowest BCUT2D eigenvalue weighted by Crippen LogP contribution is -2.42. The second kappa shape index (κ2) is 6.84. The Hall–Kier alpha value is -1.70. The van der Waals surface area contributed by atoms with Gasteiger partial charge in [0.05, 0.1) is 24.1 Å². The van der Waals surface area contributed by atoms with E-state index in [0.29, 0.717) is 36.8 Å². The van der Waals surface area contributed by atoms with E-state index in [1.165, 1.54) is 12.1 Å². The lowest BCUT2D eigenvalue weighted by molar-refractivity contribution is -0.385. The van der Waals surface area contributed by atoms with Crippen LogP contribution < -0.4 is 0 Å². The van der Waals surface area contributed by atoms with Crippen LogP contribution in [-0.2, 0) is 16.1 Å². The molecule has 1 atom stereocenters. The van der Waals surface area contributed by atoms with Gasteiger partial charge in [0.15, 0.2) is 0 Å². The van der Waals surface area contributed by atoms with Crippen molar-refractivity contribution in [2.75, 3.05) is 19.7 Å². The van der Waals surface area contributed by atoms with Gasteiger partial charge in [-0.05, 0) is 12.1 Å². The molecule has 0 saturated carbocycles. The number of carboxylic acids is 1. The second-order valence-electron chi connectivity index (χ2n) is 4.86. The first-order chi connectivity index (χ1) is 9.95. The number of nitrogens with zero attached hydrogens (tertiary/aromatic N) is 2. The number of hydrogen-bond acceptors (Lipinski definition) is 5. The summed E-state index contributed by atoms with van der Waals surface area (Å²) in [4.78, 5) is 23.2. The molecule has 7 nitrogen and oxygen atoms in total. The molecule has 0 radical (unpaired) electrons. The molecule has 114 valence electrons. The van der Waals surface area contributed by atoms with Gasteiger partial charge in [-0.25, -0.2) is 0 Å². The Morgan fingerprint density at radius 3 is 3.00 bits per heavy atom. The number of carboxylic acid groups (broad SMARTS) is 1. The quantitative estimate of drug-likeness (QED) is 0.659. The van der Waals surface area contributed by atoms with E-state index < -0.39 is 17.0 Å². The number of ether oxygens (including phenoxy) is 1.